The van der Waals surface area contributed by atoms with Crippen LogP contribution in [0, 0.1) is 6.92 Å². The second kappa shape index (κ2) is 4.18. The molecule has 0 aliphatic carbocycles. The third kappa shape index (κ3) is 1.67. The van der Waals surface area contributed by atoms with E-state index in [1.807, 2.05) is 0 Å². The lowest BCUT2D eigenvalue weighted by Crippen LogP contribution is -2.61. The standard InChI is InChI=1S/C13H24N4/c1-6-10-17(11-9-15(5)13(17)3)16-8-7-14(4)12(16)2/h7-9,11,13H,6,10H2,1-5H3/q+2. The smallest absolute Gasteiger partial charge is 0.304 e. The Kier molecular flexibility index (Phi) is 3.00. The van der Waals surface area contributed by atoms with Crippen LogP contribution in [-0.4, -0.2) is 29.3 Å². The van der Waals surface area contributed by atoms with Crippen LogP contribution in [0.3, 0.4) is 0 Å². The summed E-state index contributed by atoms with van der Waals surface area (Å²) in [6.07, 6.45) is 10.4. The lowest BCUT2D eigenvalue weighted by molar-refractivity contribution is -0.678. The zero-order valence-corrected chi connectivity index (χ0v) is 11.6. The Labute approximate surface area is 104 Å². The second-order valence-electron chi connectivity index (χ2n) is 5.01. The van der Waals surface area contributed by atoms with Crippen LogP contribution >= 0.6 is 0 Å². The number of hydrogen-bond acceptors (Lipinski definition) is 1. The van der Waals surface area contributed by atoms with Crippen molar-refractivity contribution in [3.05, 3.63) is 30.6 Å². The van der Waals surface area contributed by atoms with E-state index in [1.54, 1.807) is 0 Å². The molecule has 0 saturated heterocycles. The third-order valence-electron chi connectivity index (χ3n) is 4.05. The van der Waals surface area contributed by atoms with Gasteiger partial charge in [0.25, 0.3) is 0 Å². The number of imidazole rings is 1. The van der Waals surface area contributed by atoms with Crippen LogP contribution in [0.2, 0.25) is 0 Å². The minimum atomic E-state index is 0.445. The molecule has 1 aromatic rings. The summed E-state index contributed by atoms with van der Waals surface area (Å²) in [6.45, 7) is 7.83. The Morgan fingerprint density at radius 1 is 1.47 bits per heavy atom. The summed E-state index contributed by atoms with van der Waals surface area (Å²) in [5.74, 6) is 1.28. The van der Waals surface area contributed by atoms with Gasteiger partial charge in [0.2, 0.25) is 6.17 Å². The van der Waals surface area contributed by atoms with Crippen LogP contribution in [0.5, 0.6) is 0 Å². The van der Waals surface area contributed by atoms with E-state index >= 15 is 0 Å². The molecular formula is C13H24N4+2. The van der Waals surface area contributed by atoms with Crippen molar-refractivity contribution in [1.29, 1.82) is 0 Å². The maximum atomic E-state index is 2.37. The van der Waals surface area contributed by atoms with Crippen molar-refractivity contribution in [2.75, 3.05) is 13.6 Å². The Morgan fingerprint density at radius 3 is 2.59 bits per heavy atom. The summed E-state index contributed by atoms with van der Waals surface area (Å²) in [4.78, 5) is 2.29. The van der Waals surface area contributed by atoms with Crippen LogP contribution in [0.15, 0.2) is 24.8 Å². The van der Waals surface area contributed by atoms with Gasteiger partial charge in [-0.15, -0.1) is 4.59 Å². The van der Waals surface area contributed by atoms with Gasteiger partial charge in [0, 0.05) is 20.9 Å². The van der Waals surface area contributed by atoms with E-state index in [2.05, 4.69) is 73.8 Å². The number of quaternary nitrogens is 1. The van der Waals surface area contributed by atoms with Gasteiger partial charge in [-0.05, 0) is 6.42 Å². The van der Waals surface area contributed by atoms with Crippen LogP contribution in [-0.2, 0) is 7.05 Å². The normalized spacial score (nSPS) is 28.1. The number of hydrogen-bond donors (Lipinski definition) is 0. The summed E-state index contributed by atoms with van der Waals surface area (Å²) in [7, 11) is 4.25. The van der Waals surface area contributed by atoms with Crippen molar-refractivity contribution < 1.29 is 4.57 Å². The average molecular weight is 236 g/mol. The zero-order chi connectivity index (χ0) is 12.6. The van der Waals surface area contributed by atoms with Gasteiger partial charge < -0.3 is 4.90 Å². The highest BCUT2D eigenvalue weighted by Crippen LogP contribution is 2.23. The van der Waals surface area contributed by atoms with Crippen molar-refractivity contribution >= 4 is 0 Å². The highest BCUT2D eigenvalue weighted by Gasteiger charge is 2.45. The molecule has 1 aliphatic rings. The van der Waals surface area contributed by atoms with E-state index in [-0.39, 0.29) is 0 Å². The summed E-state index contributed by atoms with van der Waals surface area (Å²) >= 11 is 0. The number of nitrogens with zero attached hydrogens (tertiary/aromatic N) is 4. The fourth-order valence-corrected chi connectivity index (χ4v) is 2.70. The molecule has 1 aromatic heterocycles. The summed E-state index contributed by atoms with van der Waals surface area (Å²) in [5, 5.41) is 0. The van der Waals surface area contributed by atoms with Gasteiger partial charge in [0.15, 0.2) is 12.4 Å². The van der Waals surface area contributed by atoms with Gasteiger partial charge in [0.05, 0.1) is 13.2 Å². The molecule has 4 nitrogen and oxygen atoms in total. The first kappa shape index (κ1) is 12.2. The molecule has 2 atom stereocenters. The molecule has 0 amide bonds. The molecule has 0 fully saturated rings. The number of aryl methyl sites for hydroxylation is 1. The number of rotatable bonds is 3. The van der Waals surface area contributed by atoms with E-state index < -0.39 is 0 Å². The molecule has 0 bridgehead atoms. The first-order valence-electron chi connectivity index (χ1n) is 6.36. The number of aromatic nitrogens is 2. The van der Waals surface area contributed by atoms with E-state index in [0.717, 1.165) is 11.1 Å². The molecule has 2 unspecified atom stereocenters. The summed E-state index contributed by atoms with van der Waals surface area (Å²) in [5.41, 5.74) is 0. The van der Waals surface area contributed by atoms with Gasteiger partial charge in [-0.2, -0.15) is 0 Å². The third-order valence-corrected chi connectivity index (χ3v) is 4.05. The molecule has 0 aromatic carbocycles. The molecule has 0 N–H and O–H groups in total. The van der Waals surface area contributed by atoms with Crippen molar-refractivity contribution in [3.63, 3.8) is 0 Å². The van der Waals surface area contributed by atoms with E-state index in [1.165, 1.54) is 12.2 Å². The maximum Gasteiger partial charge on any atom is 0.304 e. The summed E-state index contributed by atoms with van der Waals surface area (Å²) < 4.78 is 5.42. The lowest BCUT2D eigenvalue weighted by atomic mass is 10.3. The largest absolute Gasteiger partial charge is 0.324 e. The van der Waals surface area contributed by atoms with Crippen molar-refractivity contribution in [2.45, 2.75) is 33.4 Å². The minimum absolute atomic E-state index is 0.445. The molecule has 0 saturated carbocycles. The second-order valence-corrected chi connectivity index (χ2v) is 5.01. The molecule has 1 aliphatic heterocycles. The molecular weight excluding hydrogens is 212 g/mol. The van der Waals surface area contributed by atoms with Crippen molar-refractivity contribution in [2.24, 2.45) is 7.05 Å². The molecule has 2 rings (SSSR count). The van der Waals surface area contributed by atoms with Crippen LogP contribution in [0.1, 0.15) is 26.1 Å². The Balaban J connectivity index is 2.49. The van der Waals surface area contributed by atoms with Crippen LogP contribution in [0.25, 0.3) is 0 Å². The molecule has 94 valence electrons. The Bertz CT molecular complexity index is 435. The summed E-state index contributed by atoms with van der Waals surface area (Å²) in [6, 6.07) is 0. The van der Waals surface area contributed by atoms with Gasteiger partial charge in [0.1, 0.15) is 12.7 Å². The minimum Gasteiger partial charge on any atom is -0.324 e. The molecule has 4 heteroatoms. The molecule has 0 spiro atoms. The van der Waals surface area contributed by atoms with Crippen molar-refractivity contribution in [3.8, 4) is 0 Å². The fraction of sp³-hybridized carbons (Fsp3) is 0.615. The average Bonchev–Trinajstić information content (AvgIpc) is 2.77. The van der Waals surface area contributed by atoms with Crippen molar-refractivity contribution in [1.82, 2.24) is 14.2 Å². The quantitative estimate of drug-likeness (QED) is 0.568. The Hall–Kier alpha value is -1.29. The first-order chi connectivity index (χ1) is 8.03. The highest BCUT2D eigenvalue weighted by molar-refractivity contribution is 5.09. The lowest BCUT2D eigenvalue weighted by Gasteiger charge is -2.33. The predicted molar refractivity (Wildman–Crippen MR) is 69.4 cm³/mol. The van der Waals surface area contributed by atoms with E-state index in [0.29, 0.717) is 6.17 Å². The van der Waals surface area contributed by atoms with E-state index in [4.69, 9.17) is 0 Å². The van der Waals surface area contributed by atoms with Crippen LogP contribution in [0.4, 0.5) is 0 Å². The van der Waals surface area contributed by atoms with Gasteiger partial charge in [-0.25, -0.2) is 4.57 Å². The molecule has 17 heavy (non-hydrogen) atoms. The van der Waals surface area contributed by atoms with Gasteiger partial charge in [-0.1, -0.05) is 11.6 Å². The molecule has 2 heterocycles. The predicted octanol–water partition coefficient (Wildman–Crippen LogP) is 1.23. The maximum absolute atomic E-state index is 2.37. The van der Waals surface area contributed by atoms with Crippen LogP contribution < -0.4 is 9.16 Å². The van der Waals surface area contributed by atoms with E-state index in [9.17, 15) is 0 Å². The SMILES string of the molecule is CCC[N+]1(n2cc[n+](C)c2C)C=CN(C)C1C. The zero-order valence-electron chi connectivity index (χ0n) is 11.6. The highest BCUT2D eigenvalue weighted by atomic mass is 15.8. The topological polar surface area (TPSA) is 12.0 Å². The first-order valence-corrected chi connectivity index (χ1v) is 6.36. The Morgan fingerprint density at radius 2 is 2.18 bits per heavy atom. The monoisotopic (exact) mass is 236 g/mol. The van der Waals surface area contributed by atoms with Gasteiger partial charge >= 0.3 is 5.82 Å². The fourth-order valence-electron chi connectivity index (χ4n) is 2.70. The molecule has 0 radical (unpaired) electrons. The van der Waals surface area contributed by atoms with Gasteiger partial charge in [-0.3, -0.25) is 0 Å².